The molecule has 1 aliphatic heterocycles. The molecule has 8 heteroatoms. The lowest BCUT2D eigenvalue weighted by molar-refractivity contribution is 0.0679. The number of rotatable bonds is 8. The van der Waals surface area contributed by atoms with Crippen LogP contribution in [-0.4, -0.2) is 43.4 Å². The summed E-state index contributed by atoms with van der Waals surface area (Å²) in [4.78, 5) is 14.7. The molecule has 0 aliphatic carbocycles. The first-order valence-electron chi connectivity index (χ1n) is 9.98. The van der Waals surface area contributed by atoms with Gasteiger partial charge in [0.1, 0.15) is 11.6 Å². The lowest BCUT2D eigenvalue weighted by atomic mass is 10.1. The maximum atomic E-state index is 14.4. The summed E-state index contributed by atoms with van der Waals surface area (Å²) >= 11 is 6.16. The van der Waals surface area contributed by atoms with Crippen molar-refractivity contribution in [3.8, 4) is 5.75 Å². The third-order valence-electron chi connectivity index (χ3n) is 5.17. The molecule has 2 aromatic carbocycles. The van der Waals surface area contributed by atoms with Crippen molar-refractivity contribution in [2.75, 3.05) is 18.1 Å². The summed E-state index contributed by atoms with van der Waals surface area (Å²) in [5, 5.41) is 0.202. The molecule has 0 bridgehead atoms. The van der Waals surface area contributed by atoms with Crippen LogP contribution in [0.15, 0.2) is 42.5 Å². The number of ether oxygens (including phenoxy) is 1. The largest absolute Gasteiger partial charge is 0.494 e. The van der Waals surface area contributed by atoms with E-state index in [1.807, 2.05) is 0 Å². The number of carbonyl (C=O) groups is 1. The fraction of sp³-hybridized carbons (Fsp3) is 0.409. The summed E-state index contributed by atoms with van der Waals surface area (Å²) < 4.78 is 44.0. The number of sulfone groups is 1. The van der Waals surface area contributed by atoms with E-state index in [2.05, 4.69) is 6.92 Å². The molecule has 0 N–H and O–H groups in total. The standard InChI is InChI=1S/C22H25ClFNO4S/c1-2-3-12-29-18-9-7-16(8-10-18)22(26)25(17-11-13-30(27,28)15-17)14-19-20(23)5-4-6-21(19)24/h4-10,17H,2-3,11-15H2,1H3. The Morgan fingerprint density at radius 3 is 2.57 bits per heavy atom. The summed E-state index contributed by atoms with van der Waals surface area (Å²) in [6.07, 6.45) is 2.28. The predicted molar refractivity (Wildman–Crippen MR) is 115 cm³/mol. The van der Waals surface area contributed by atoms with Gasteiger partial charge in [-0.1, -0.05) is 31.0 Å². The van der Waals surface area contributed by atoms with Crippen LogP contribution in [0, 0.1) is 5.82 Å². The van der Waals surface area contributed by atoms with Crippen LogP contribution in [0.2, 0.25) is 5.02 Å². The number of hydrogen-bond acceptors (Lipinski definition) is 4. The van der Waals surface area contributed by atoms with Crippen LogP contribution < -0.4 is 4.74 Å². The molecule has 0 saturated carbocycles. The second kappa shape index (κ2) is 9.79. The highest BCUT2D eigenvalue weighted by Crippen LogP contribution is 2.27. The van der Waals surface area contributed by atoms with Crippen LogP contribution in [-0.2, 0) is 16.4 Å². The highest BCUT2D eigenvalue weighted by molar-refractivity contribution is 7.91. The number of nitrogens with zero attached hydrogens (tertiary/aromatic N) is 1. The van der Waals surface area contributed by atoms with Crippen molar-refractivity contribution in [2.45, 2.75) is 38.8 Å². The van der Waals surface area contributed by atoms with E-state index in [1.54, 1.807) is 30.3 Å². The smallest absolute Gasteiger partial charge is 0.254 e. The summed E-state index contributed by atoms with van der Waals surface area (Å²) in [7, 11) is -3.23. The van der Waals surface area contributed by atoms with Gasteiger partial charge in [-0.3, -0.25) is 4.79 Å². The molecule has 1 heterocycles. The number of amides is 1. The van der Waals surface area contributed by atoms with Gasteiger partial charge in [0.15, 0.2) is 9.84 Å². The van der Waals surface area contributed by atoms with Crippen molar-refractivity contribution in [3.05, 3.63) is 64.4 Å². The second-order valence-corrected chi connectivity index (χ2v) is 10.1. The molecule has 1 unspecified atom stereocenters. The molecule has 3 rings (SSSR count). The molecule has 0 spiro atoms. The number of halogens is 2. The third kappa shape index (κ3) is 5.52. The molecule has 1 fully saturated rings. The molecule has 1 atom stereocenters. The molecule has 162 valence electrons. The van der Waals surface area contributed by atoms with Gasteiger partial charge in [-0.05, 0) is 49.2 Å². The molecular weight excluding hydrogens is 429 g/mol. The van der Waals surface area contributed by atoms with E-state index in [-0.39, 0.29) is 34.5 Å². The van der Waals surface area contributed by atoms with Crippen LogP contribution in [0.4, 0.5) is 4.39 Å². The van der Waals surface area contributed by atoms with Gasteiger partial charge in [0.05, 0.1) is 24.7 Å². The number of unbranched alkanes of at least 4 members (excludes halogenated alkanes) is 1. The SMILES string of the molecule is CCCCOc1ccc(C(=O)N(Cc2c(F)cccc2Cl)C2CCS(=O)(=O)C2)cc1. The van der Waals surface area contributed by atoms with E-state index in [4.69, 9.17) is 16.3 Å². The zero-order valence-electron chi connectivity index (χ0n) is 16.8. The maximum absolute atomic E-state index is 14.4. The minimum absolute atomic E-state index is 0.0106. The van der Waals surface area contributed by atoms with Gasteiger partial charge in [-0.15, -0.1) is 0 Å². The summed E-state index contributed by atoms with van der Waals surface area (Å²) in [6, 6.07) is 10.5. The summed E-state index contributed by atoms with van der Waals surface area (Å²) in [6.45, 7) is 2.58. The summed E-state index contributed by atoms with van der Waals surface area (Å²) in [5.74, 6) is -0.357. The minimum Gasteiger partial charge on any atom is -0.494 e. The molecule has 0 radical (unpaired) electrons. The fourth-order valence-electron chi connectivity index (χ4n) is 3.44. The Morgan fingerprint density at radius 1 is 1.23 bits per heavy atom. The predicted octanol–water partition coefficient (Wildman–Crippen LogP) is 4.49. The van der Waals surface area contributed by atoms with E-state index < -0.39 is 21.7 Å². The average Bonchev–Trinajstić information content (AvgIpc) is 3.07. The van der Waals surface area contributed by atoms with Gasteiger partial charge < -0.3 is 9.64 Å². The first kappa shape index (κ1) is 22.6. The number of carbonyl (C=O) groups excluding carboxylic acids is 1. The van der Waals surface area contributed by atoms with E-state index in [0.29, 0.717) is 24.3 Å². The topological polar surface area (TPSA) is 63.7 Å². The van der Waals surface area contributed by atoms with Crippen molar-refractivity contribution in [1.82, 2.24) is 4.90 Å². The highest BCUT2D eigenvalue weighted by atomic mass is 35.5. The van der Waals surface area contributed by atoms with Crippen LogP contribution >= 0.6 is 11.6 Å². The lowest BCUT2D eigenvalue weighted by Crippen LogP contribution is -2.41. The number of benzene rings is 2. The van der Waals surface area contributed by atoms with E-state index in [9.17, 15) is 17.6 Å². The van der Waals surface area contributed by atoms with Gasteiger partial charge in [0.25, 0.3) is 5.91 Å². The van der Waals surface area contributed by atoms with Gasteiger partial charge >= 0.3 is 0 Å². The Labute approximate surface area is 181 Å². The Bertz CT molecular complexity index is 974. The van der Waals surface area contributed by atoms with Crippen molar-refractivity contribution in [3.63, 3.8) is 0 Å². The minimum atomic E-state index is -3.23. The van der Waals surface area contributed by atoms with E-state index in [0.717, 1.165) is 12.8 Å². The zero-order valence-corrected chi connectivity index (χ0v) is 18.4. The Morgan fingerprint density at radius 2 is 1.97 bits per heavy atom. The second-order valence-electron chi connectivity index (χ2n) is 7.42. The summed E-state index contributed by atoms with van der Waals surface area (Å²) in [5.41, 5.74) is 0.561. The zero-order chi connectivity index (χ0) is 21.7. The monoisotopic (exact) mass is 453 g/mol. The maximum Gasteiger partial charge on any atom is 0.254 e. The molecule has 5 nitrogen and oxygen atoms in total. The van der Waals surface area contributed by atoms with Crippen molar-refractivity contribution in [2.24, 2.45) is 0 Å². The molecule has 1 aliphatic rings. The fourth-order valence-corrected chi connectivity index (χ4v) is 5.39. The first-order valence-corrected chi connectivity index (χ1v) is 12.2. The Hall–Kier alpha value is -2.12. The quantitative estimate of drug-likeness (QED) is 0.552. The molecule has 1 amide bonds. The molecular formula is C22H25ClFNO4S. The van der Waals surface area contributed by atoms with E-state index in [1.165, 1.54) is 17.0 Å². The van der Waals surface area contributed by atoms with Crippen molar-refractivity contribution < 1.29 is 22.3 Å². The van der Waals surface area contributed by atoms with Gasteiger partial charge in [0, 0.05) is 22.2 Å². The van der Waals surface area contributed by atoms with Crippen LogP contribution in [0.5, 0.6) is 5.75 Å². The highest BCUT2D eigenvalue weighted by Gasteiger charge is 2.35. The molecule has 1 saturated heterocycles. The van der Waals surface area contributed by atoms with Crippen LogP contribution in [0.25, 0.3) is 0 Å². The van der Waals surface area contributed by atoms with Gasteiger partial charge in [-0.25, -0.2) is 12.8 Å². The normalized spacial score (nSPS) is 17.6. The average molecular weight is 454 g/mol. The first-order chi connectivity index (χ1) is 14.3. The van der Waals surface area contributed by atoms with Crippen molar-refractivity contribution in [1.29, 1.82) is 0 Å². The van der Waals surface area contributed by atoms with Crippen molar-refractivity contribution >= 4 is 27.3 Å². The lowest BCUT2D eigenvalue weighted by Gasteiger charge is -2.29. The third-order valence-corrected chi connectivity index (χ3v) is 7.27. The van der Waals surface area contributed by atoms with Crippen LogP contribution in [0.1, 0.15) is 42.1 Å². The van der Waals surface area contributed by atoms with Gasteiger partial charge in [-0.2, -0.15) is 0 Å². The number of hydrogen-bond donors (Lipinski definition) is 0. The molecule has 0 aromatic heterocycles. The van der Waals surface area contributed by atoms with E-state index >= 15 is 0 Å². The Kier molecular flexibility index (Phi) is 7.36. The molecule has 2 aromatic rings. The molecule has 30 heavy (non-hydrogen) atoms. The van der Waals surface area contributed by atoms with Crippen LogP contribution in [0.3, 0.4) is 0 Å². The Balaban J connectivity index is 1.85. The van der Waals surface area contributed by atoms with Gasteiger partial charge in [0.2, 0.25) is 0 Å².